The van der Waals surface area contributed by atoms with Gasteiger partial charge in [-0.1, -0.05) is 35.0 Å². The van der Waals surface area contributed by atoms with Crippen molar-refractivity contribution < 1.29 is 0 Å². The molecule has 0 aromatic heterocycles. The van der Waals surface area contributed by atoms with Crippen LogP contribution in [-0.4, -0.2) is 5.88 Å². The van der Waals surface area contributed by atoms with Crippen LogP contribution in [0.5, 0.6) is 0 Å². The number of halogens is 2. The van der Waals surface area contributed by atoms with Crippen LogP contribution in [-0.2, 0) is 0 Å². The van der Waals surface area contributed by atoms with Crippen LogP contribution in [0, 0.1) is 6.92 Å². The zero-order valence-corrected chi connectivity index (χ0v) is 10.3. The Bertz CT molecular complexity index is 283. The molecule has 1 unspecified atom stereocenters. The molecule has 0 heterocycles. The third-order valence-electron chi connectivity index (χ3n) is 2.23. The topological polar surface area (TPSA) is 0 Å². The maximum absolute atomic E-state index is 5.71. The largest absolute Gasteiger partial charge is 0.127 e. The molecule has 0 bridgehead atoms. The lowest BCUT2D eigenvalue weighted by atomic mass is 9.98. The molecule has 0 fully saturated rings. The standard InChI is InChI=1S/C11H14BrCl/c1-8-3-4-10(11(12)7-8)9(2)5-6-13/h3-4,7,9H,5-6H2,1-2H3. The number of aryl methyl sites for hydroxylation is 1. The Hall–Kier alpha value is -0.0100. The Labute approximate surface area is 93.4 Å². The summed E-state index contributed by atoms with van der Waals surface area (Å²) in [6.45, 7) is 4.30. The Morgan fingerprint density at radius 1 is 1.46 bits per heavy atom. The molecule has 0 aliphatic heterocycles. The van der Waals surface area contributed by atoms with E-state index in [9.17, 15) is 0 Å². The lowest BCUT2D eigenvalue weighted by molar-refractivity contribution is 0.734. The van der Waals surface area contributed by atoms with Gasteiger partial charge in [-0.2, -0.15) is 0 Å². The molecule has 0 amide bonds. The Kier molecular flexibility index (Phi) is 4.27. The number of rotatable bonds is 3. The van der Waals surface area contributed by atoms with Crippen LogP contribution in [0.3, 0.4) is 0 Å². The van der Waals surface area contributed by atoms with Gasteiger partial charge in [-0.25, -0.2) is 0 Å². The molecule has 2 heteroatoms. The van der Waals surface area contributed by atoms with Gasteiger partial charge in [0.05, 0.1) is 0 Å². The fraction of sp³-hybridized carbons (Fsp3) is 0.455. The first-order valence-electron chi connectivity index (χ1n) is 4.47. The predicted octanol–water partition coefficient (Wildman–Crippen LogP) is 4.49. The monoisotopic (exact) mass is 260 g/mol. The van der Waals surface area contributed by atoms with E-state index in [1.807, 2.05) is 0 Å². The van der Waals surface area contributed by atoms with E-state index in [0.717, 1.165) is 12.3 Å². The first-order valence-corrected chi connectivity index (χ1v) is 5.80. The van der Waals surface area contributed by atoms with Crippen molar-refractivity contribution in [2.75, 3.05) is 5.88 Å². The lowest BCUT2D eigenvalue weighted by Crippen LogP contribution is -1.95. The molecule has 0 radical (unpaired) electrons. The molecule has 1 aromatic carbocycles. The summed E-state index contributed by atoms with van der Waals surface area (Å²) >= 11 is 9.29. The Morgan fingerprint density at radius 3 is 2.69 bits per heavy atom. The summed E-state index contributed by atoms with van der Waals surface area (Å²) in [6.07, 6.45) is 1.03. The van der Waals surface area contributed by atoms with Crippen molar-refractivity contribution in [3.63, 3.8) is 0 Å². The molecular weight excluding hydrogens is 247 g/mol. The molecule has 0 nitrogen and oxygen atoms in total. The zero-order valence-electron chi connectivity index (χ0n) is 7.98. The van der Waals surface area contributed by atoms with Gasteiger partial charge in [0.15, 0.2) is 0 Å². The molecule has 0 saturated carbocycles. The van der Waals surface area contributed by atoms with E-state index in [0.29, 0.717) is 5.92 Å². The van der Waals surface area contributed by atoms with Crippen LogP contribution >= 0.6 is 27.5 Å². The fourth-order valence-corrected chi connectivity index (χ4v) is 2.56. The van der Waals surface area contributed by atoms with Gasteiger partial charge in [-0.15, -0.1) is 11.6 Å². The van der Waals surface area contributed by atoms with Crippen LogP contribution < -0.4 is 0 Å². The molecule has 72 valence electrons. The average Bonchev–Trinajstić information content (AvgIpc) is 2.04. The molecule has 1 rings (SSSR count). The van der Waals surface area contributed by atoms with Crippen molar-refractivity contribution in [2.45, 2.75) is 26.2 Å². The van der Waals surface area contributed by atoms with Crippen LogP contribution in [0.25, 0.3) is 0 Å². The van der Waals surface area contributed by atoms with E-state index >= 15 is 0 Å². The SMILES string of the molecule is Cc1ccc(C(C)CCCl)c(Br)c1. The smallest absolute Gasteiger partial charge is 0.0229 e. The van der Waals surface area contributed by atoms with Gasteiger partial charge in [0.1, 0.15) is 0 Å². The second-order valence-corrected chi connectivity index (χ2v) is 4.64. The highest BCUT2D eigenvalue weighted by Gasteiger charge is 2.08. The molecule has 0 spiro atoms. The molecule has 1 aromatic rings. The molecule has 0 aliphatic carbocycles. The van der Waals surface area contributed by atoms with Crippen molar-refractivity contribution in [1.82, 2.24) is 0 Å². The van der Waals surface area contributed by atoms with E-state index in [1.54, 1.807) is 0 Å². The summed E-state index contributed by atoms with van der Waals surface area (Å²) in [4.78, 5) is 0. The third kappa shape index (κ3) is 2.99. The minimum atomic E-state index is 0.535. The minimum Gasteiger partial charge on any atom is -0.127 e. The molecule has 0 saturated heterocycles. The van der Waals surface area contributed by atoms with E-state index < -0.39 is 0 Å². The highest BCUT2D eigenvalue weighted by Crippen LogP contribution is 2.28. The van der Waals surface area contributed by atoms with Crippen molar-refractivity contribution in [3.05, 3.63) is 33.8 Å². The van der Waals surface area contributed by atoms with Gasteiger partial charge in [-0.3, -0.25) is 0 Å². The molecule has 0 aliphatic rings. The Balaban J connectivity index is 2.88. The summed E-state index contributed by atoms with van der Waals surface area (Å²) in [5, 5.41) is 0. The van der Waals surface area contributed by atoms with Crippen LogP contribution in [0.1, 0.15) is 30.4 Å². The first-order chi connectivity index (χ1) is 6.15. The van der Waals surface area contributed by atoms with E-state index in [-0.39, 0.29) is 0 Å². The Morgan fingerprint density at radius 2 is 2.15 bits per heavy atom. The second-order valence-electron chi connectivity index (χ2n) is 3.40. The van der Waals surface area contributed by atoms with Gasteiger partial charge in [-0.05, 0) is 36.5 Å². The summed E-state index contributed by atoms with van der Waals surface area (Å²) in [5.74, 6) is 1.26. The van der Waals surface area contributed by atoms with Gasteiger partial charge < -0.3 is 0 Å². The van der Waals surface area contributed by atoms with Crippen molar-refractivity contribution in [1.29, 1.82) is 0 Å². The fourth-order valence-electron chi connectivity index (χ4n) is 1.35. The van der Waals surface area contributed by atoms with Gasteiger partial charge in [0.25, 0.3) is 0 Å². The van der Waals surface area contributed by atoms with E-state index in [2.05, 4.69) is 48.0 Å². The minimum absolute atomic E-state index is 0.535. The number of alkyl halides is 1. The van der Waals surface area contributed by atoms with Crippen molar-refractivity contribution >= 4 is 27.5 Å². The van der Waals surface area contributed by atoms with E-state index in [4.69, 9.17) is 11.6 Å². The second kappa shape index (κ2) is 5.02. The highest BCUT2D eigenvalue weighted by atomic mass is 79.9. The summed E-state index contributed by atoms with van der Waals surface area (Å²) in [6, 6.07) is 6.47. The van der Waals surface area contributed by atoms with Gasteiger partial charge in [0.2, 0.25) is 0 Å². The summed E-state index contributed by atoms with van der Waals surface area (Å²) in [5.41, 5.74) is 2.64. The number of benzene rings is 1. The maximum atomic E-state index is 5.71. The highest BCUT2D eigenvalue weighted by molar-refractivity contribution is 9.10. The first kappa shape index (κ1) is 11.1. The molecule has 13 heavy (non-hydrogen) atoms. The zero-order chi connectivity index (χ0) is 9.84. The normalized spacial score (nSPS) is 12.9. The maximum Gasteiger partial charge on any atom is 0.0229 e. The number of hydrogen-bond acceptors (Lipinski definition) is 0. The van der Waals surface area contributed by atoms with Gasteiger partial charge >= 0.3 is 0 Å². The molecule has 1 atom stereocenters. The predicted molar refractivity (Wildman–Crippen MR) is 62.6 cm³/mol. The van der Waals surface area contributed by atoms with Crippen LogP contribution in [0.15, 0.2) is 22.7 Å². The van der Waals surface area contributed by atoms with Crippen molar-refractivity contribution in [3.8, 4) is 0 Å². The van der Waals surface area contributed by atoms with Crippen molar-refractivity contribution in [2.24, 2.45) is 0 Å². The quantitative estimate of drug-likeness (QED) is 0.703. The summed E-state index contributed by atoms with van der Waals surface area (Å²) in [7, 11) is 0. The third-order valence-corrected chi connectivity index (χ3v) is 3.13. The van der Waals surface area contributed by atoms with Crippen LogP contribution in [0.2, 0.25) is 0 Å². The molecular formula is C11H14BrCl. The van der Waals surface area contributed by atoms with Gasteiger partial charge in [0, 0.05) is 10.4 Å². The van der Waals surface area contributed by atoms with E-state index in [1.165, 1.54) is 15.6 Å². The average molecular weight is 262 g/mol. The summed E-state index contributed by atoms with van der Waals surface area (Å²) < 4.78 is 1.20. The number of hydrogen-bond donors (Lipinski definition) is 0. The molecule has 0 N–H and O–H groups in total. The lowest BCUT2D eigenvalue weighted by Gasteiger charge is -2.12. The van der Waals surface area contributed by atoms with Crippen LogP contribution in [0.4, 0.5) is 0 Å².